The number of nitrogens with one attached hydrogen (secondary N) is 1. The number of rotatable bonds is 3. The van der Waals surface area contributed by atoms with Crippen molar-refractivity contribution in [3.8, 4) is 0 Å². The van der Waals surface area contributed by atoms with E-state index in [4.69, 9.17) is 4.74 Å². The van der Waals surface area contributed by atoms with Gasteiger partial charge in [-0.2, -0.15) is 0 Å². The van der Waals surface area contributed by atoms with E-state index in [2.05, 4.69) is 5.32 Å². The van der Waals surface area contributed by atoms with Gasteiger partial charge in [0.15, 0.2) is 0 Å². The third-order valence-electron chi connectivity index (χ3n) is 3.86. The SMILES string of the molecule is OC1CCCCCC1OCC1CCCNC1. The van der Waals surface area contributed by atoms with Crippen LogP contribution in [0.5, 0.6) is 0 Å². The molecule has 0 spiro atoms. The lowest BCUT2D eigenvalue weighted by atomic mass is 10.0. The standard InChI is InChI=1S/C13H25NO2/c15-12-6-2-1-3-7-13(12)16-10-11-5-4-8-14-9-11/h11-15H,1-10H2. The molecule has 3 nitrogen and oxygen atoms in total. The van der Waals surface area contributed by atoms with Crippen LogP contribution in [0, 0.1) is 5.92 Å². The average Bonchev–Trinajstić information content (AvgIpc) is 2.53. The Hall–Kier alpha value is -0.120. The zero-order valence-corrected chi connectivity index (χ0v) is 10.2. The number of hydrogen-bond acceptors (Lipinski definition) is 3. The van der Waals surface area contributed by atoms with E-state index in [1.165, 1.54) is 25.7 Å². The van der Waals surface area contributed by atoms with E-state index in [-0.39, 0.29) is 12.2 Å². The van der Waals surface area contributed by atoms with Crippen molar-refractivity contribution >= 4 is 0 Å². The molecule has 0 aromatic rings. The second-order valence-corrected chi connectivity index (χ2v) is 5.29. The van der Waals surface area contributed by atoms with Crippen molar-refractivity contribution in [2.45, 2.75) is 57.2 Å². The molecule has 16 heavy (non-hydrogen) atoms. The van der Waals surface area contributed by atoms with Gasteiger partial charge in [-0.25, -0.2) is 0 Å². The fourth-order valence-electron chi connectivity index (χ4n) is 2.77. The van der Waals surface area contributed by atoms with Crippen LogP contribution in [0.2, 0.25) is 0 Å². The molecule has 1 saturated carbocycles. The fourth-order valence-corrected chi connectivity index (χ4v) is 2.77. The van der Waals surface area contributed by atoms with Gasteiger partial charge in [-0.3, -0.25) is 0 Å². The van der Waals surface area contributed by atoms with Crippen molar-refractivity contribution in [3.63, 3.8) is 0 Å². The summed E-state index contributed by atoms with van der Waals surface area (Å²) in [6, 6.07) is 0. The molecule has 1 aliphatic carbocycles. The first-order valence-electron chi connectivity index (χ1n) is 6.86. The van der Waals surface area contributed by atoms with E-state index in [1.807, 2.05) is 0 Å². The minimum absolute atomic E-state index is 0.101. The summed E-state index contributed by atoms with van der Waals surface area (Å²) in [5.41, 5.74) is 0. The van der Waals surface area contributed by atoms with E-state index >= 15 is 0 Å². The van der Waals surface area contributed by atoms with Crippen LogP contribution in [0.3, 0.4) is 0 Å². The Kier molecular flexibility index (Phi) is 5.07. The minimum Gasteiger partial charge on any atom is -0.390 e. The minimum atomic E-state index is -0.223. The van der Waals surface area contributed by atoms with Gasteiger partial charge in [-0.05, 0) is 38.1 Å². The highest BCUT2D eigenvalue weighted by Gasteiger charge is 2.23. The van der Waals surface area contributed by atoms with Crippen LogP contribution >= 0.6 is 0 Å². The van der Waals surface area contributed by atoms with Crippen molar-refractivity contribution in [1.82, 2.24) is 5.32 Å². The van der Waals surface area contributed by atoms with Gasteiger partial charge in [0, 0.05) is 6.54 Å². The van der Waals surface area contributed by atoms with Gasteiger partial charge in [0.25, 0.3) is 0 Å². The normalized spacial score (nSPS) is 36.9. The molecule has 3 heteroatoms. The summed E-state index contributed by atoms with van der Waals surface area (Å²) in [6.07, 6.45) is 8.01. The quantitative estimate of drug-likeness (QED) is 0.721. The summed E-state index contributed by atoms with van der Waals surface area (Å²) in [5, 5.41) is 13.3. The lowest BCUT2D eigenvalue weighted by Crippen LogP contribution is -2.35. The summed E-state index contributed by atoms with van der Waals surface area (Å²) in [5.74, 6) is 0.657. The maximum Gasteiger partial charge on any atom is 0.0834 e. The summed E-state index contributed by atoms with van der Waals surface area (Å²) in [6.45, 7) is 3.07. The Labute approximate surface area is 98.6 Å². The Balaban J connectivity index is 1.70. The maximum atomic E-state index is 9.94. The molecule has 3 unspecified atom stereocenters. The highest BCUT2D eigenvalue weighted by molar-refractivity contribution is 4.75. The van der Waals surface area contributed by atoms with E-state index in [0.717, 1.165) is 39.0 Å². The number of aliphatic hydroxyl groups excluding tert-OH is 1. The second kappa shape index (κ2) is 6.58. The highest BCUT2D eigenvalue weighted by atomic mass is 16.5. The zero-order valence-electron chi connectivity index (χ0n) is 10.2. The van der Waals surface area contributed by atoms with Crippen LogP contribution in [-0.2, 0) is 4.74 Å². The molecule has 0 aromatic heterocycles. The summed E-state index contributed by atoms with van der Waals surface area (Å²) in [4.78, 5) is 0. The second-order valence-electron chi connectivity index (χ2n) is 5.29. The summed E-state index contributed by atoms with van der Waals surface area (Å²) in [7, 11) is 0. The van der Waals surface area contributed by atoms with Crippen LogP contribution in [0.25, 0.3) is 0 Å². The lowest BCUT2D eigenvalue weighted by Gasteiger charge is -2.27. The summed E-state index contributed by atoms with van der Waals surface area (Å²) >= 11 is 0. The monoisotopic (exact) mass is 227 g/mol. The van der Waals surface area contributed by atoms with Crippen LogP contribution < -0.4 is 5.32 Å². The molecule has 0 amide bonds. The first kappa shape index (κ1) is 12.3. The van der Waals surface area contributed by atoms with Crippen LogP contribution in [0.15, 0.2) is 0 Å². The van der Waals surface area contributed by atoms with E-state index < -0.39 is 0 Å². The predicted octanol–water partition coefficient (Wildman–Crippen LogP) is 1.70. The molecule has 2 N–H and O–H groups in total. The molecular formula is C13H25NO2. The topological polar surface area (TPSA) is 41.5 Å². The van der Waals surface area contributed by atoms with E-state index in [1.54, 1.807) is 0 Å². The molecule has 3 atom stereocenters. The molecule has 1 saturated heterocycles. The third-order valence-corrected chi connectivity index (χ3v) is 3.86. The summed E-state index contributed by atoms with van der Waals surface area (Å²) < 4.78 is 5.92. The molecule has 2 aliphatic rings. The van der Waals surface area contributed by atoms with Gasteiger partial charge in [-0.1, -0.05) is 19.3 Å². The van der Waals surface area contributed by atoms with Gasteiger partial charge < -0.3 is 15.2 Å². The number of aliphatic hydroxyl groups is 1. The van der Waals surface area contributed by atoms with Crippen molar-refractivity contribution in [3.05, 3.63) is 0 Å². The van der Waals surface area contributed by atoms with Gasteiger partial charge in [-0.15, -0.1) is 0 Å². The number of hydrogen-bond donors (Lipinski definition) is 2. The Morgan fingerprint density at radius 2 is 1.94 bits per heavy atom. The molecule has 1 aliphatic heterocycles. The van der Waals surface area contributed by atoms with Crippen LogP contribution in [0.1, 0.15) is 44.9 Å². The van der Waals surface area contributed by atoms with E-state index in [9.17, 15) is 5.11 Å². The Morgan fingerprint density at radius 1 is 1.06 bits per heavy atom. The van der Waals surface area contributed by atoms with Gasteiger partial charge >= 0.3 is 0 Å². The van der Waals surface area contributed by atoms with Crippen molar-refractivity contribution < 1.29 is 9.84 Å². The molecule has 2 rings (SSSR count). The molecule has 0 aromatic carbocycles. The molecule has 0 radical (unpaired) electrons. The highest BCUT2D eigenvalue weighted by Crippen LogP contribution is 2.22. The van der Waals surface area contributed by atoms with Gasteiger partial charge in [0.2, 0.25) is 0 Å². The Bertz CT molecular complexity index is 192. The third kappa shape index (κ3) is 3.72. The lowest BCUT2D eigenvalue weighted by molar-refractivity contribution is -0.0540. The van der Waals surface area contributed by atoms with Crippen LogP contribution in [-0.4, -0.2) is 37.0 Å². The first-order valence-corrected chi connectivity index (χ1v) is 6.86. The molecule has 1 heterocycles. The molecule has 2 fully saturated rings. The number of ether oxygens (including phenoxy) is 1. The molecule has 94 valence electrons. The van der Waals surface area contributed by atoms with Crippen LogP contribution in [0.4, 0.5) is 0 Å². The van der Waals surface area contributed by atoms with E-state index in [0.29, 0.717) is 5.92 Å². The maximum absolute atomic E-state index is 9.94. The van der Waals surface area contributed by atoms with Crippen molar-refractivity contribution in [2.24, 2.45) is 5.92 Å². The fraction of sp³-hybridized carbons (Fsp3) is 1.00. The first-order chi connectivity index (χ1) is 7.86. The largest absolute Gasteiger partial charge is 0.390 e. The van der Waals surface area contributed by atoms with Gasteiger partial charge in [0.1, 0.15) is 0 Å². The van der Waals surface area contributed by atoms with Crippen molar-refractivity contribution in [2.75, 3.05) is 19.7 Å². The van der Waals surface area contributed by atoms with Gasteiger partial charge in [0.05, 0.1) is 18.8 Å². The molecule has 0 bridgehead atoms. The smallest absolute Gasteiger partial charge is 0.0834 e. The van der Waals surface area contributed by atoms with Crippen molar-refractivity contribution in [1.29, 1.82) is 0 Å². The predicted molar refractivity (Wildman–Crippen MR) is 64.4 cm³/mol. The molecular weight excluding hydrogens is 202 g/mol. The number of piperidine rings is 1. The average molecular weight is 227 g/mol. The Morgan fingerprint density at radius 3 is 2.75 bits per heavy atom. The zero-order chi connectivity index (χ0) is 11.2.